The van der Waals surface area contributed by atoms with Crippen LogP contribution >= 0.6 is 0 Å². The second kappa shape index (κ2) is 3.01. The second-order valence-electron chi connectivity index (χ2n) is 5.08. The van der Waals surface area contributed by atoms with Crippen molar-refractivity contribution in [1.29, 1.82) is 0 Å². The minimum atomic E-state index is -0.386. The minimum absolute atomic E-state index is 0.172. The van der Waals surface area contributed by atoms with Crippen molar-refractivity contribution in [2.24, 2.45) is 5.92 Å². The van der Waals surface area contributed by atoms with Crippen LogP contribution < -0.4 is 0 Å². The first-order valence-corrected chi connectivity index (χ1v) is 5.14. The molecule has 3 nitrogen and oxygen atoms in total. The van der Waals surface area contributed by atoms with Crippen LogP contribution in [0.3, 0.4) is 0 Å². The van der Waals surface area contributed by atoms with Crippen LogP contribution in [0.4, 0.5) is 4.79 Å². The molecule has 0 aromatic carbocycles. The third-order valence-corrected chi connectivity index (χ3v) is 2.61. The van der Waals surface area contributed by atoms with E-state index in [-0.39, 0.29) is 17.7 Å². The van der Waals surface area contributed by atoms with Gasteiger partial charge in [-0.3, -0.25) is 0 Å². The lowest BCUT2D eigenvalue weighted by Crippen LogP contribution is -2.40. The highest BCUT2D eigenvalue weighted by Crippen LogP contribution is 2.32. The molecule has 0 aromatic rings. The van der Waals surface area contributed by atoms with Crippen molar-refractivity contribution in [3.8, 4) is 0 Å². The van der Waals surface area contributed by atoms with Gasteiger partial charge in [0.1, 0.15) is 5.60 Å². The van der Waals surface area contributed by atoms with E-state index in [1.165, 1.54) is 0 Å². The Hall–Kier alpha value is -0.990. The fourth-order valence-corrected chi connectivity index (χ4v) is 2.04. The summed E-state index contributed by atoms with van der Waals surface area (Å²) >= 11 is 0. The maximum absolute atomic E-state index is 11.7. The molecule has 0 saturated carbocycles. The molecule has 1 amide bonds. The number of hydrogen-bond acceptors (Lipinski definition) is 2. The number of carbonyl (C=O) groups is 1. The molecule has 0 N–H and O–H groups in total. The van der Waals surface area contributed by atoms with Crippen molar-refractivity contribution in [1.82, 2.24) is 4.90 Å². The Morgan fingerprint density at radius 2 is 2.14 bits per heavy atom. The number of likely N-dealkylation sites (tertiary alicyclic amines) is 1. The van der Waals surface area contributed by atoms with Crippen LogP contribution in [0.5, 0.6) is 0 Å². The molecule has 0 spiro atoms. The Balaban J connectivity index is 1.97. The van der Waals surface area contributed by atoms with Crippen LogP contribution in [0, 0.1) is 5.92 Å². The molecule has 0 aromatic heterocycles. The molecule has 14 heavy (non-hydrogen) atoms. The third kappa shape index (κ3) is 1.76. The van der Waals surface area contributed by atoms with Crippen LogP contribution in [-0.4, -0.2) is 29.2 Å². The number of amides is 1. The van der Waals surface area contributed by atoms with Crippen molar-refractivity contribution < 1.29 is 9.53 Å². The molecule has 1 fully saturated rings. The van der Waals surface area contributed by atoms with Gasteiger partial charge in [-0.2, -0.15) is 0 Å². The summed E-state index contributed by atoms with van der Waals surface area (Å²) in [4.78, 5) is 13.5. The molecule has 1 aliphatic carbocycles. The number of hydrogen-bond donors (Lipinski definition) is 0. The summed E-state index contributed by atoms with van der Waals surface area (Å²) in [6.07, 6.45) is 5.22. The van der Waals surface area contributed by atoms with Crippen LogP contribution in [0.25, 0.3) is 0 Å². The highest BCUT2D eigenvalue weighted by Gasteiger charge is 2.38. The molecule has 1 saturated heterocycles. The van der Waals surface area contributed by atoms with Gasteiger partial charge in [-0.05, 0) is 33.1 Å². The van der Waals surface area contributed by atoms with Gasteiger partial charge in [-0.1, -0.05) is 12.2 Å². The molecule has 2 aliphatic rings. The average molecular weight is 195 g/mol. The van der Waals surface area contributed by atoms with Crippen molar-refractivity contribution in [2.45, 2.75) is 38.8 Å². The molecule has 1 unspecified atom stereocenters. The predicted molar refractivity (Wildman–Crippen MR) is 54.0 cm³/mol. The van der Waals surface area contributed by atoms with Gasteiger partial charge in [0.05, 0.1) is 6.04 Å². The van der Waals surface area contributed by atoms with E-state index in [1.54, 1.807) is 0 Å². The van der Waals surface area contributed by atoms with Crippen LogP contribution in [0.1, 0.15) is 27.2 Å². The van der Waals surface area contributed by atoms with Crippen molar-refractivity contribution >= 4 is 6.09 Å². The van der Waals surface area contributed by atoms with E-state index in [0.29, 0.717) is 5.92 Å². The SMILES string of the molecule is CC(C)(C)OC(=O)N1C[C@H]2C=CC1C2. The summed E-state index contributed by atoms with van der Waals surface area (Å²) in [6, 6.07) is 0.287. The van der Waals surface area contributed by atoms with Gasteiger partial charge in [0.2, 0.25) is 0 Å². The highest BCUT2D eigenvalue weighted by molar-refractivity contribution is 5.69. The monoisotopic (exact) mass is 195 g/mol. The summed E-state index contributed by atoms with van der Waals surface area (Å²) in [5.41, 5.74) is -0.386. The zero-order chi connectivity index (χ0) is 10.3. The molecule has 78 valence electrons. The van der Waals surface area contributed by atoms with E-state index in [0.717, 1.165) is 13.0 Å². The van der Waals surface area contributed by atoms with Gasteiger partial charge in [0.25, 0.3) is 0 Å². The highest BCUT2D eigenvalue weighted by atomic mass is 16.6. The van der Waals surface area contributed by atoms with Gasteiger partial charge < -0.3 is 9.64 Å². The fourth-order valence-electron chi connectivity index (χ4n) is 2.04. The van der Waals surface area contributed by atoms with Gasteiger partial charge in [0, 0.05) is 6.54 Å². The zero-order valence-corrected chi connectivity index (χ0v) is 8.99. The third-order valence-electron chi connectivity index (χ3n) is 2.61. The first-order chi connectivity index (χ1) is 6.46. The lowest BCUT2D eigenvalue weighted by Gasteiger charge is -2.28. The van der Waals surface area contributed by atoms with Gasteiger partial charge >= 0.3 is 6.09 Å². The average Bonchev–Trinajstić information content (AvgIpc) is 2.59. The molecular formula is C11H17NO2. The van der Waals surface area contributed by atoms with Crippen LogP contribution in [-0.2, 0) is 4.74 Å². The normalized spacial score (nSPS) is 29.8. The maximum atomic E-state index is 11.7. The van der Waals surface area contributed by atoms with Crippen molar-refractivity contribution in [3.63, 3.8) is 0 Å². The van der Waals surface area contributed by atoms with Crippen LogP contribution in [0.2, 0.25) is 0 Å². The lowest BCUT2D eigenvalue weighted by molar-refractivity contribution is 0.0247. The number of ether oxygens (including phenoxy) is 1. The number of fused-ring (bicyclic) bond motifs is 2. The molecule has 2 bridgehead atoms. The quantitative estimate of drug-likeness (QED) is 0.554. The molecule has 1 heterocycles. The fraction of sp³-hybridized carbons (Fsp3) is 0.727. The summed E-state index contributed by atoms with van der Waals surface area (Å²) in [6.45, 7) is 6.52. The van der Waals surface area contributed by atoms with Crippen molar-refractivity contribution in [3.05, 3.63) is 12.2 Å². The molecule has 0 radical (unpaired) electrons. The van der Waals surface area contributed by atoms with E-state index in [4.69, 9.17) is 4.74 Å². The standard InChI is InChI=1S/C11H17NO2/c1-11(2,3)14-10(13)12-7-8-4-5-9(12)6-8/h4-5,8-9H,6-7H2,1-3H3/t8-,9?/m0/s1. The minimum Gasteiger partial charge on any atom is -0.444 e. The van der Waals surface area contributed by atoms with Gasteiger partial charge in [0.15, 0.2) is 0 Å². The lowest BCUT2D eigenvalue weighted by atomic mass is 10.2. The van der Waals surface area contributed by atoms with Gasteiger partial charge in [-0.25, -0.2) is 4.79 Å². The Morgan fingerprint density at radius 1 is 1.43 bits per heavy atom. The van der Waals surface area contributed by atoms with E-state index in [1.807, 2.05) is 25.7 Å². The predicted octanol–water partition coefficient (Wildman–Crippen LogP) is 2.18. The molecule has 3 heteroatoms. The number of carbonyl (C=O) groups excluding carboxylic acids is 1. The Labute approximate surface area is 84.7 Å². The van der Waals surface area contributed by atoms with E-state index >= 15 is 0 Å². The zero-order valence-electron chi connectivity index (χ0n) is 8.99. The Kier molecular flexibility index (Phi) is 2.05. The van der Waals surface area contributed by atoms with E-state index in [9.17, 15) is 4.79 Å². The first kappa shape index (κ1) is 9.56. The maximum Gasteiger partial charge on any atom is 0.410 e. The van der Waals surface area contributed by atoms with Gasteiger partial charge in [-0.15, -0.1) is 0 Å². The largest absolute Gasteiger partial charge is 0.444 e. The van der Waals surface area contributed by atoms with E-state index < -0.39 is 0 Å². The Bertz CT molecular complexity index is 278. The van der Waals surface area contributed by atoms with Crippen LogP contribution in [0.15, 0.2) is 12.2 Å². The summed E-state index contributed by atoms with van der Waals surface area (Å²) in [5, 5.41) is 0. The first-order valence-electron chi connectivity index (χ1n) is 5.14. The summed E-state index contributed by atoms with van der Waals surface area (Å²) in [5.74, 6) is 0.563. The molecule has 2 rings (SSSR count). The topological polar surface area (TPSA) is 29.5 Å². The molecule has 1 aliphatic heterocycles. The summed E-state index contributed by atoms with van der Waals surface area (Å²) < 4.78 is 5.33. The smallest absolute Gasteiger partial charge is 0.410 e. The summed E-state index contributed by atoms with van der Waals surface area (Å²) in [7, 11) is 0. The second-order valence-corrected chi connectivity index (χ2v) is 5.08. The Morgan fingerprint density at radius 3 is 2.57 bits per heavy atom. The molecular weight excluding hydrogens is 178 g/mol. The van der Waals surface area contributed by atoms with E-state index in [2.05, 4.69) is 12.2 Å². The molecule has 2 atom stereocenters. The van der Waals surface area contributed by atoms with Crippen molar-refractivity contribution in [2.75, 3.05) is 6.54 Å². The number of nitrogens with zero attached hydrogens (tertiary/aromatic N) is 1. The number of rotatable bonds is 0.